The fraction of sp³-hybridized carbons (Fsp3) is 0.593. The lowest BCUT2D eigenvalue weighted by Crippen LogP contribution is -2.55. The summed E-state index contributed by atoms with van der Waals surface area (Å²) in [5.74, 6) is -1.30. The molecule has 0 aromatic heterocycles. The molecule has 0 fully saturated rings. The highest BCUT2D eigenvalue weighted by atomic mass is 16.2. The van der Waals surface area contributed by atoms with Crippen molar-refractivity contribution in [3.8, 4) is 0 Å². The average Bonchev–Trinajstić information content (AvgIpc) is 2.84. The van der Waals surface area contributed by atoms with Crippen molar-refractivity contribution >= 4 is 29.6 Å². The molecule has 0 saturated heterocycles. The summed E-state index contributed by atoms with van der Waals surface area (Å²) in [6.45, 7) is 8.58. The monoisotopic (exact) mass is 531 g/mol. The van der Waals surface area contributed by atoms with E-state index in [9.17, 15) is 19.2 Å². The molecule has 0 aliphatic heterocycles. The minimum absolute atomic E-state index is 0.0915. The molecule has 212 valence electrons. The quantitative estimate of drug-likeness (QED) is 0.106. The fourth-order valence-electron chi connectivity index (χ4n) is 3.81. The molecule has 0 heterocycles. The minimum Gasteiger partial charge on any atom is -0.370 e. The zero-order valence-corrected chi connectivity index (χ0v) is 23.3. The second kappa shape index (κ2) is 17.0. The van der Waals surface area contributed by atoms with Crippen LogP contribution in [0, 0.1) is 17.2 Å². The van der Waals surface area contributed by atoms with Crippen molar-refractivity contribution in [1.29, 1.82) is 5.41 Å². The molecular formula is C27H45N7O4. The second-order valence-electron chi connectivity index (χ2n) is 10.3. The van der Waals surface area contributed by atoms with Crippen LogP contribution in [0.4, 0.5) is 0 Å². The molecule has 0 aliphatic carbocycles. The third-order valence-electron chi connectivity index (χ3n) is 5.67. The number of nitrogens with zero attached hydrogens (tertiary/aromatic N) is 1. The van der Waals surface area contributed by atoms with Gasteiger partial charge in [-0.2, -0.15) is 0 Å². The van der Waals surface area contributed by atoms with E-state index in [2.05, 4.69) is 21.3 Å². The van der Waals surface area contributed by atoms with Gasteiger partial charge in [-0.15, -0.1) is 0 Å². The standard InChI is InChI=1S/C27H45N7O4/c1-18(2)15-21(24(36)30-13-9-10-14-31-27(28)29)33-25(37)22(16-19(3)4)32-23(35)17-34(5)26(38)20-11-7-6-8-12-20/h6-8,11-12,18-19,21-22H,9-10,13-17H2,1-5H3,(H,30,36)(H,32,35)(H,33,37)(H4,28,29,31). The highest BCUT2D eigenvalue weighted by Gasteiger charge is 2.28. The Morgan fingerprint density at radius 3 is 1.89 bits per heavy atom. The van der Waals surface area contributed by atoms with Gasteiger partial charge in [0.25, 0.3) is 5.91 Å². The van der Waals surface area contributed by atoms with Crippen LogP contribution in [0.3, 0.4) is 0 Å². The second-order valence-corrected chi connectivity index (χ2v) is 10.3. The molecule has 0 radical (unpaired) electrons. The molecule has 1 rings (SSSR count). The Bertz CT molecular complexity index is 921. The van der Waals surface area contributed by atoms with Crippen LogP contribution in [-0.2, 0) is 14.4 Å². The van der Waals surface area contributed by atoms with Gasteiger partial charge in [-0.05, 0) is 49.7 Å². The summed E-state index contributed by atoms with van der Waals surface area (Å²) in [6, 6.07) is 7.07. The van der Waals surface area contributed by atoms with E-state index in [-0.39, 0.29) is 36.2 Å². The molecule has 2 atom stereocenters. The number of nitrogens with one attached hydrogen (secondary N) is 5. The summed E-state index contributed by atoms with van der Waals surface area (Å²) >= 11 is 0. The lowest BCUT2D eigenvalue weighted by Gasteiger charge is -2.26. The predicted molar refractivity (Wildman–Crippen MR) is 148 cm³/mol. The Labute approximate surface area is 226 Å². The molecule has 0 saturated carbocycles. The number of guanidine groups is 1. The van der Waals surface area contributed by atoms with Crippen molar-refractivity contribution in [3.05, 3.63) is 35.9 Å². The van der Waals surface area contributed by atoms with Crippen molar-refractivity contribution in [2.75, 3.05) is 26.7 Å². The topological polar surface area (TPSA) is 170 Å². The Morgan fingerprint density at radius 1 is 0.842 bits per heavy atom. The van der Waals surface area contributed by atoms with Gasteiger partial charge in [0.15, 0.2) is 5.96 Å². The Balaban J connectivity index is 2.75. The van der Waals surface area contributed by atoms with E-state index in [1.54, 1.807) is 30.3 Å². The maximum absolute atomic E-state index is 13.2. The Morgan fingerprint density at radius 2 is 1.37 bits per heavy atom. The van der Waals surface area contributed by atoms with Gasteiger partial charge >= 0.3 is 0 Å². The van der Waals surface area contributed by atoms with Crippen LogP contribution in [0.25, 0.3) is 0 Å². The van der Waals surface area contributed by atoms with E-state index >= 15 is 0 Å². The van der Waals surface area contributed by atoms with E-state index in [0.29, 0.717) is 37.9 Å². The smallest absolute Gasteiger partial charge is 0.254 e. The van der Waals surface area contributed by atoms with Crippen molar-refractivity contribution in [1.82, 2.24) is 26.2 Å². The third-order valence-corrected chi connectivity index (χ3v) is 5.67. The van der Waals surface area contributed by atoms with Crippen LogP contribution < -0.4 is 27.0 Å². The minimum atomic E-state index is -0.845. The molecule has 4 amide bonds. The summed E-state index contributed by atoms with van der Waals surface area (Å²) in [5.41, 5.74) is 5.72. The number of likely N-dealkylation sites (N-methyl/N-ethyl adjacent to an activating group) is 1. The van der Waals surface area contributed by atoms with Gasteiger partial charge in [0, 0.05) is 25.7 Å². The van der Waals surface area contributed by atoms with Crippen LogP contribution >= 0.6 is 0 Å². The van der Waals surface area contributed by atoms with Crippen molar-refractivity contribution < 1.29 is 19.2 Å². The van der Waals surface area contributed by atoms with Gasteiger partial charge in [0.2, 0.25) is 17.7 Å². The fourth-order valence-corrected chi connectivity index (χ4v) is 3.81. The molecule has 0 spiro atoms. The predicted octanol–water partition coefficient (Wildman–Crippen LogP) is 1.20. The molecule has 11 heteroatoms. The van der Waals surface area contributed by atoms with Crippen molar-refractivity contribution in [3.63, 3.8) is 0 Å². The zero-order chi connectivity index (χ0) is 28.7. The maximum Gasteiger partial charge on any atom is 0.254 e. The number of carbonyl (C=O) groups is 4. The number of unbranched alkanes of at least 4 members (excludes halogenated alkanes) is 1. The molecule has 11 nitrogen and oxygen atoms in total. The number of hydrogen-bond acceptors (Lipinski definition) is 5. The first-order chi connectivity index (χ1) is 17.9. The number of hydrogen-bond donors (Lipinski definition) is 6. The summed E-state index contributed by atoms with van der Waals surface area (Å²) in [5, 5.41) is 18.3. The zero-order valence-electron chi connectivity index (χ0n) is 23.3. The Hall–Kier alpha value is -3.63. The molecule has 0 bridgehead atoms. The summed E-state index contributed by atoms with van der Waals surface area (Å²) in [4.78, 5) is 52.7. The molecule has 7 N–H and O–H groups in total. The van der Waals surface area contributed by atoms with Crippen LogP contribution in [-0.4, -0.2) is 73.3 Å². The number of benzene rings is 1. The van der Waals surface area contributed by atoms with E-state index < -0.39 is 23.9 Å². The van der Waals surface area contributed by atoms with Crippen LogP contribution in [0.15, 0.2) is 30.3 Å². The van der Waals surface area contributed by atoms with E-state index in [4.69, 9.17) is 11.1 Å². The molecule has 2 unspecified atom stereocenters. The van der Waals surface area contributed by atoms with Crippen LogP contribution in [0.1, 0.15) is 63.7 Å². The summed E-state index contributed by atoms with van der Waals surface area (Å²) in [6.07, 6.45) is 2.24. The first-order valence-electron chi connectivity index (χ1n) is 13.2. The number of amides is 4. The van der Waals surface area contributed by atoms with E-state index in [0.717, 1.165) is 6.42 Å². The van der Waals surface area contributed by atoms with Crippen LogP contribution in [0.2, 0.25) is 0 Å². The average molecular weight is 532 g/mol. The molecule has 1 aromatic carbocycles. The van der Waals surface area contributed by atoms with Crippen molar-refractivity contribution in [2.45, 2.75) is 65.5 Å². The third kappa shape index (κ3) is 13.1. The van der Waals surface area contributed by atoms with Gasteiger partial charge in [-0.3, -0.25) is 24.6 Å². The van der Waals surface area contributed by atoms with Gasteiger partial charge in [0.1, 0.15) is 12.1 Å². The number of nitrogens with two attached hydrogens (primary N) is 1. The van der Waals surface area contributed by atoms with Gasteiger partial charge in [-0.1, -0.05) is 45.9 Å². The molecule has 1 aromatic rings. The highest BCUT2D eigenvalue weighted by molar-refractivity contribution is 5.97. The Kier molecular flexibility index (Phi) is 14.5. The van der Waals surface area contributed by atoms with Crippen molar-refractivity contribution in [2.24, 2.45) is 17.6 Å². The first-order valence-corrected chi connectivity index (χ1v) is 13.2. The van der Waals surface area contributed by atoms with E-state index in [1.165, 1.54) is 11.9 Å². The lowest BCUT2D eigenvalue weighted by molar-refractivity contribution is -0.132. The SMILES string of the molecule is CC(C)CC(NC(=O)CN(C)C(=O)c1ccccc1)C(=O)NC(CC(C)C)C(=O)NCCCCNC(=N)N. The van der Waals surface area contributed by atoms with Gasteiger partial charge in [0.05, 0.1) is 6.54 Å². The normalized spacial score (nSPS) is 12.4. The molecule has 0 aliphatic rings. The molecular weight excluding hydrogens is 486 g/mol. The summed E-state index contributed by atoms with van der Waals surface area (Å²) < 4.78 is 0. The first kappa shape index (κ1) is 32.4. The largest absolute Gasteiger partial charge is 0.370 e. The highest BCUT2D eigenvalue weighted by Crippen LogP contribution is 2.10. The molecule has 38 heavy (non-hydrogen) atoms. The lowest BCUT2D eigenvalue weighted by atomic mass is 10.00. The maximum atomic E-state index is 13.2. The number of carbonyl (C=O) groups excluding carboxylic acids is 4. The van der Waals surface area contributed by atoms with E-state index in [1.807, 2.05) is 27.7 Å². The summed E-state index contributed by atoms with van der Waals surface area (Å²) in [7, 11) is 1.53. The van der Waals surface area contributed by atoms with Gasteiger partial charge in [-0.25, -0.2) is 0 Å². The van der Waals surface area contributed by atoms with Gasteiger partial charge < -0.3 is 31.9 Å². The number of rotatable bonds is 16. The van der Waals surface area contributed by atoms with Crippen LogP contribution in [0.5, 0.6) is 0 Å².